The van der Waals surface area contributed by atoms with Crippen LogP contribution >= 0.6 is 11.3 Å². The standard InChI is InChI=1S/C51H30N4OS/c1-3-13-31(14-4-1)49-52-50(54-51(53-49)41-22-12-20-39-37-18-8-10-24-46(37)57-48(39)41)40-21-11-19-38-36-27-25-33(30-45(36)56-47(38)40)32-26-28-44-42(29-32)35-17-7-9-23-43(35)55(44)34-15-5-2-6-16-34/h1-30H. The number of benzene rings is 8. The molecule has 0 fully saturated rings. The van der Waals surface area contributed by atoms with Crippen LogP contribution in [0.3, 0.4) is 0 Å². The third kappa shape index (κ3) is 5.04. The summed E-state index contributed by atoms with van der Waals surface area (Å²) < 4.78 is 11.6. The van der Waals surface area contributed by atoms with Crippen LogP contribution in [-0.2, 0) is 0 Å². The smallest absolute Gasteiger partial charge is 0.167 e. The Morgan fingerprint density at radius 2 is 1.04 bits per heavy atom. The normalized spacial score (nSPS) is 11.9. The van der Waals surface area contributed by atoms with E-state index in [2.05, 4.69) is 156 Å². The Morgan fingerprint density at radius 1 is 0.404 bits per heavy atom. The van der Waals surface area contributed by atoms with Crippen LogP contribution in [0.4, 0.5) is 0 Å². The number of para-hydroxylation sites is 3. The zero-order chi connectivity index (χ0) is 37.5. The molecule has 6 heteroatoms. The third-order valence-electron chi connectivity index (χ3n) is 11.1. The summed E-state index contributed by atoms with van der Waals surface area (Å²) in [6.45, 7) is 0. The number of hydrogen-bond acceptors (Lipinski definition) is 5. The van der Waals surface area contributed by atoms with Gasteiger partial charge >= 0.3 is 0 Å². The van der Waals surface area contributed by atoms with Crippen molar-refractivity contribution in [2.24, 2.45) is 0 Å². The fourth-order valence-electron chi connectivity index (χ4n) is 8.42. The lowest BCUT2D eigenvalue weighted by atomic mass is 10.0. The van der Waals surface area contributed by atoms with E-state index in [0.717, 1.165) is 60.1 Å². The molecule has 0 aliphatic heterocycles. The SMILES string of the molecule is c1ccc(-c2nc(-c3cccc4c3oc3cc(-c5ccc6c(c5)c5ccccc5n6-c5ccccc5)ccc34)nc(-c3cccc4c3sc3ccccc34)n2)cc1. The van der Waals surface area contributed by atoms with Gasteiger partial charge in [-0.15, -0.1) is 11.3 Å². The van der Waals surface area contributed by atoms with Crippen molar-refractivity contribution in [1.82, 2.24) is 19.5 Å². The molecule has 0 N–H and O–H groups in total. The lowest BCUT2D eigenvalue weighted by molar-refractivity contribution is 0.669. The van der Waals surface area contributed by atoms with Gasteiger partial charge in [-0.05, 0) is 71.8 Å². The van der Waals surface area contributed by atoms with Crippen molar-refractivity contribution in [2.45, 2.75) is 0 Å². The summed E-state index contributed by atoms with van der Waals surface area (Å²) in [5.74, 6) is 1.82. The minimum atomic E-state index is 0.571. The van der Waals surface area contributed by atoms with E-state index in [-0.39, 0.29) is 0 Å². The summed E-state index contributed by atoms with van der Waals surface area (Å²) in [6.07, 6.45) is 0. The molecule has 0 atom stereocenters. The molecule has 12 aromatic rings. The summed E-state index contributed by atoms with van der Waals surface area (Å²) in [6, 6.07) is 63.8. The predicted octanol–water partition coefficient (Wildman–Crippen LogP) is 13.9. The Kier molecular flexibility index (Phi) is 7.03. The summed E-state index contributed by atoms with van der Waals surface area (Å²) >= 11 is 1.77. The molecule has 0 spiro atoms. The van der Waals surface area contributed by atoms with Gasteiger partial charge in [0.1, 0.15) is 11.2 Å². The fourth-order valence-corrected chi connectivity index (χ4v) is 9.63. The molecule has 8 aromatic carbocycles. The Balaban J connectivity index is 1.02. The molecule has 0 bridgehead atoms. The van der Waals surface area contributed by atoms with Gasteiger partial charge in [-0.25, -0.2) is 15.0 Å². The van der Waals surface area contributed by atoms with E-state index in [0.29, 0.717) is 17.5 Å². The van der Waals surface area contributed by atoms with Crippen LogP contribution in [0.1, 0.15) is 0 Å². The highest BCUT2D eigenvalue weighted by atomic mass is 32.1. The van der Waals surface area contributed by atoms with E-state index in [1.54, 1.807) is 11.3 Å². The predicted molar refractivity (Wildman–Crippen MR) is 236 cm³/mol. The molecule has 5 nitrogen and oxygen atoms in total. The molecule has 0 aliphatic rings. The molecule has 0 saturated heterocycles. The summed E-state index contributed by atoms with van der Waals surface area (Å²) in [7, 11) is 0. The summed E-state index contributed by atoms with van der Waals surface area (Å²) in [5.41, 5.74) is 10.0. The molecule has 4 aromatic heterocycles. The van der Waals surface area contributed by atoms with E-state index < -0.39 is 0 Å². The van der Waals surface area contributed by atoms with Gasteiger partial charge in [-0.1, -0.05) is 121 Å². The van der Waals surface area contributed by atoms with Crippen molar-refractivity contribution < 1.29 is 4.42 Å². The zero-order valence-corrected chi connectivity index (χ0v) is 31.2. The topological polar surface area (TPSA) is 56.7 Å². The van der Waals surface area contributed by atoms with Gasteiger partial charge in [0.05, 0.1) is 16.6 Å². The van der Waals surface area contributed by atoms with E-state index in [1.807, 2.05) is 30.3 Å². The van der Waals surface area contributed by atoms with Crippen LogP contribution < -0.4 is 0 Å². The largest absolute Gasteiger partial charge is 0.455 e. The average molecular weight is 747 g/mol. The number of rotatable bonds is 5. The first kappa shape index (κ1) is 31.9. The molecule has 0 saturated carbocycles. The van der Waals surface area contributed by atoms with Gasteiger partial charge < -0.3 is 8.98 Å². The second kappa shape index (κ2) is 12.6. The van der Waals surface area contributed by atoms with E-state index in [1.165, 1.54) is 37.3 Å². The Labute approximate surface area is 330 Å². The van der Waals surface area contributed by atoms with Gasteiger partial charge in [0.15, 0.2) is 17.5 Å². The van der Waals surface area contributed by atoms with Gasteiger partial charge in [0.2, 0.25) is 0 Å². The van der Waals surface area contributed by atoms with Crippen LogP contribution in [0.2, 0.25) is 0 Å². The van der Waals surface area contributed by atoms with E-state index in [9.17, 15) is 0 Å². The number of furan rings is 1. The second-order valence-corrected chi connectivity index (χ2v) is 15.4. The Morgan fingerprint density at radius 3 is 1.89 bits per heavy atom. The molecular weight excluding hydrogens is 717 g/mol. The van der Waals surface area contributed by atoms with Crippen molar-refractivity contribution in [2.75, 3.05) is 0 Å². The first-order valence-electron chi connectivity index (χ1n) is 19.0. The highest BCUT2D eigenvalue weighted by Gasteiger charge is 2.20. The van der Waals surface area contributed by atoms with Crippen molar-refractivity contribution in [3.63, 3.8) is 0 Å². The third-order valence-corrected chi connectivity index (χ3v) is 12.3. The molecule has 0 amide bonds. The van der Waals surface area contributed by atoms with Gasteiger partial charge in [0.25, 0.3) is 0 Å². The maximum Gasteiger partial charge on any atom is 0.167 e. The van der Waals surface area contributed by atoms with Crippen molar-refractivity contribution >= 4 is 75.3 Å². The van der Waals surface area contributed by atoms with Crippen molar-refractivity contribution in [1.29, 1.82) is 0 Å². The van der Waals surface area contributed by atoms with Crippen molar-refractivity contribution in [3.8, 4) is 51.0 Å². The van der Waals surface area contributed by atoms with Crippen LogP contribution in [0, 0.1) is 0 Å². The Hall–Kier alpha value is -7.41. The highest BCUT2D eigenvalue weighted by molar-refractivity contribution is 7.26. The number of nitrogens with zero attached hydrogens (tertiary/aromatic N) is 4. The Bertz CT molecular complexity index is 3530. The van der Waals surface area contributed by atoms with Crippen LogP contribution in [-0.4, -0.2) is 19.5 Å². The molecular formula is C51H30N4OS. The lowest BCUT2D eigenvalue weighted by Crippen LogP contribution is -2.00. The zero-order valence-electron chi connectivity index (χ0n) is 30.4. The molecule has 0 aliphatic carbocycles. The summed E-state index contributed by atoms with van der Waals surface area (Å²) in [5, 5.41) is 6.94. The number of aromatic nitrogens is 4. The average Bonchev–Trinajstić information content (AvgIpc) is 3.96. The van der Waals surface area contributed by atoms with Gasteiger partial charge in [0, 0.05) is 58.5 Å². The minimum Gasteiger partial charge on any atom is -0.455 e. The van der Waals surface area contributed by atoms with E-state index >= 15 is 0 Å². The van der Waals surface area contributed by atoms with Crippen LogP contribution in [0.15, 0.2) is 186 Å². The second-order valence-electron chi connectivity index (χ2n) is 14.4. The van der Waals surface area contributed by atoms with Gasteiger partial charge in [-0.2, -0.15) is 0 Å². The van der Waals surface area contributed by atoms with Crippen molar-refractivity contribution in [3.05, 3.63) is 182 Å². The number of fused-ring (bicyclic) bond motifs is 9. The minimum absolute atomic E-state index is 0.571. The van der Waals surface area contributed by atoms with Crippen LogP contribution in [0.5, 0.6) is 0 Å². The highest BCUT2D eigenvalue weighted by Crippen LogP contribution is 2.42. The molecule has 0 radical (unpaired) electrons. The maximum absolute atomic E-state index is 6.82. The lowest BCUT2D eigenvalue weighted by Gasteiger charge is -2.09. The maximum atomic E-state index is 6.82. The summed E-state index contributed by atoms with van der Waals surface area (Å²) in [4.78, 5) is 15.4. The molecule has 266 valence electrons. The first-order chi connectivity index (χ1) is 28.2. The molecule has 57 heavy (non-hydrogen) atoms. The number of hydrogen-bond donors (Lipinski definition) is 0. The molecule has 12 rings (SSSR count). The fraction of sp³-hybridized carbons (Fsp3) is 0. The quantitative estimate of drug-likeness (QED) is 0.176. The molecule has 0 unspecified atom stereocenters. The van der Waals surface area contributed by atoms with Gasteiger partial charge in [-0.3, -0.25) is 0 Å². The van der Waals surface area contributed by atoms with E-state index in [4.69, 9.17) is 19.4 Å². The molecule has 4 heterocycles. The monoisotopic (exact) mass is 746 g/mol. The number of thiophene rings is 1. The first-order valence-corrected chi connectivity index (χ1v) is 19.8. The van der Waals surface area contributed by atoms with Crippen LogP contribution in [0.25, 0.3) is 115 Å².